The number of benzene rings is 2. The Hall–Kier alpha value is 0.256. The van der Waals surface area contributed by atoms with E-state index >= 15 is 0 Å². The van der Waals surface area contributed by atoms with Crippen molar-refractivity contribution in [2.75, 3.05) is 23.0 Å². The van der Waals surface area contributed by atoms with Crippen LogP contribution in [-0.4, -0.2) is 44.0 Å². The molecule has 0 saturated heterocycles. The monoisotopic (exact) mass is 632 g/mol. The Morgan fingerprint density at radius 2 is 1.58 bits per heavy atom. The third kappa shape index (κ3) is 8.13. The van der Waals surface area contributed by atoms with Crippen molar-refractivity contribution < 1.29 is 81.9 Å². The molecule has 0 atom stereocenters. The second kappa shape index (κ2) is 12.6. The van der Waals surface area contributed by atoms with Gasteiger partial charge in [0.1, 0.15) is 4.70 Å². The van der Waals surface area contributed by atoms with Crippen LogP contribution in [0.15, 0.2) is 46.3 Å². The summed E-state index contributed by atoms with van der Waals surface area (Å²) >= 11 is 15.4. The summed E-state index contributed by atoms with van der Waals surface area (Å²) < 4.78 is 69.6. The average molecular weight is 634 g/mol. The molecule has 0 radical (unpaired) electrons. The van der Waals surface area contributed by atoms with Gasteiger partial charge in [-0.1, -0.05) is 46.3 Å². The number of thiazole rings is 1. The summed E-state index contributed by atoms with van der Waals surface area (Å²) in [5.41, 5.74) is 1.62. The van der Waals surface area contributed by atoms with Crippen molar-refractivity contribution in [2.45, 2.75) is 24.3 Å². The van der Waals surface area contributed by atoms with E-state index in [1.165, 1.54) is 23.1 Å². The SMILES string of the molecule is O=S(=O)([O-])CCCN1C(=Cc2sc3ccc(Cl)cc3[n+]2CCCS(=O)(=O)[O-])Sc2ccc(Cl)cc21.[K+]. The van der Waals surface area contributed by atoms with E-state index in [4.69, 9.17) is 23.2 Å². The Kier molecular flexibility index (Phi) is 10.8. The number of hydrogen-bond acceptors (Lipinski definition) is 9. The maximum Gasteiger partial charge on any atom is 1.00 e. The van der Waals surface area contributed by atoms with Crippen LogP contribution in [0.5, 0.6) is 0 Å². The van der Waals surface area contributed by atoms with Gasteiger partial charge in [0.25, 0.3) is 5.01 Å². The number of aromatic nitrogens is 1. The van der Waals surface area contributed by atoms with Gasteiger partial charge in [-0.15, -0.1) is 0 Å². The molecule has 15 heteroatoms. The topological polar surface area (TPSA) is 122 Å². The Morgan fingerprint density at radius 3 is 2.28 bits per heavy atom. The molecular weight excluding hydrogens is 615 g/mol. The first-order chi connectivity index (χ1) is 16.4. The quantitative estimate of drug-likeness (QED) is 0.196. The molecule has 4 rings (SSSR count). The minimum atomic E-state index is -4.35. The number of anilines is 1. The van der Waals surface area contributed by atoms with Crippen LogP contribution in [0.3, 0.4) is 0 Å². The van der Waals surface area contributed by atoms with Gasteiger partial charge in [-0.05, 0) is 36.8 Å². The molecule has 0 fully saturated rings. The number of nitrogens with zero attached hydrogens (tertiary/aromatic N) is 2. The summed E-state index contributed by atoms with van der Waals surface area (Å²) in [4.78, 5) is 2.85. The zero-order valence-corrected chi connectivity index (χ0v) is 26.9. The largest absolute Gasteiger partial charge is 1.00 e. The molecule has 0 unspecified atom stereocenters. The second-order valence-electron chi connectivity index (χ2n) is 7.78. The Bertz CT molecular complexity index is 1530. The average Bonchev–Trinajstić information content (AvgIpc) is 3.24. The summed E-state index contributed by atoms with van der Waals surface area (Å²) in [7, 11) is -8.69. The first kappa shape index (κ1) is 30.8. The number of thioether (sulfide) groups is 1. The maximum atomic E-state index is 11.1. The summed E-state index contributed by atoms with van der Waals surface area (Å²) in [6, 6.07) is 10.8. The molecule has 3 aromatic rings. The van der Waals surface area contributed by atoms with Gasteiger partial charge in [-0.25, -0.2) is 16.8 Å². The molecule has 8 nitrogen and oxygen atoms in total. The van der Waals surface area contributed by atoms with Gasteiger partial charge in [0.05, 0.1) is 37.0 Å². The van der Waals surface area contributed by atoms with Crippen LogP contribution in [0, 0.1) is 0 Å². The van der Waals surface area contributed by atoms with E-state index in [0.29, 0.717) is 23.1 Å². The molecule has 0 spiro atoms. The predicted octanol–water partition coefficient (Wildman–Crippen LogP) is 1.28. The smallest absolute Gasteiger partial charge is 0.748 e. The fourth-order valence-corrected chi connectivity index (χ4v) is 7.31. The van der Waals surface area contributed by atoms with Crippen molar-refractivity contribution in [3.63, 3.8) is 0 Å². The van der Waals surface area contributed by atoms with Gasteiger partial charge in [0.15, 0.2) is 6.54 Å². The van der Waals surface area contributed by atoms with E-state index in [1.807, 2.05) is 27.7 Å². The molecule has 0 aliphatic carbocycles. The summed E-state index contributed by atoms with van der Waals surface area (Å²) in [5, 5.41) is 2.65. The van der Waals surface area contributed by atoms with Crippen LogP contribution in [0.2, 0.25) is 10.0 Å². The maximum absolute atomic E-state index is 11.1. The third-order valence-corrected chi connectivity index (χ3v) is 9.46. The Labute approximate surface area is 270 Å². The summed E-state index contributed by atoms with van der Waals surface area (Å²) in [5.74, 6) is -0.967. The van der Waals surface area contributed by atoms with E-state index < -0.39 is 31.7 Å². The van der Waals surface area contributed by atoms with E-state index in [-0.39, 0.29) is 64.2 Å². The first-order valence-corrected chi connectivity index (χ1v) is 15.9. The Morgan fingerprint density at radius 1 is 0.944 bits per heavy atom. The van der Waals surface area contributed by atoms with Crippen molar-refractivity contribution in [3.8, 4) is 0 Å². The molecule has 36 heavy (non-hydrogen) atoms. The van der Waals surface area contributed by atoms with E-state index in [2.05, 4.69) is 0 Å². The van der Waals surface area contributed by atoms with Crippen LogP contribution in [0.25, 0.3) is 16.3 Å². The molecule has 1 aromatic heterocycles. The van der Waals surface area contributed by atoms with Crippen molar-refractivity contribution in [2.24, 2.45) is 0 Å². The van der Waals surface area contributed by atoms with Gasteiger partial charge in [0.2, 0.25) is 5.52 Å². The summed E-state index contributed by atoms with van der Waals surface area (Å²) in [6.07, 6.45) is 2.20. The van der Waals surface area contributed by atoms with Crippen LogP contribution in [0.1, 0.15) is 17.8 Å². The molecule has 1 aliphatic rings. The number of fused-ring (bicyclic) bond motifs is 2. The molecule has 2 aromatic carbocycles. The zero-order chi connectivity index (χ0) is 25.4. The van der Waals surface area contributed by atoms with Crippen LogP contribution in [0.4, 0.5) is 5.69 Å². The van der Waals surface area contributed by atoms with Crippen molar-refractivity contribution in [3.05, 3.63) is 56.5 Å². The number of rotatable bonds is 9. The van der Waals surface area contributed by atoms with Gasteiger partial charge in [-0.2, -0.15) is 4.57 Å². The fourth-order valence-electron chi connectivity index (χ4n) is 3.73. The molecule has 1 aliphatic heterocycles. The molecule has 0 bridgehead atoms. The third-order valence-electron chi connectivity index (χ3n) is 5.18. The second-order valence-corrected chi connectivity index (χ2v) is 13.8. The van der Waals surface area contributed by atoms with Gasteiger partial charge >= 0.3 is 51.4 Å². The number of halogens is 2. The van der Waals surface area contributed by atoms with Crippen molar-refractivity contribution in [1.82, 2.24) is 0 Å². The Balaban J connectivity index is 0.00000361. The molecule has 2 heterocycles. The number of aryl methyl sites for hydroxylation is 1. The van der Waals surface area contributed by atoms with Crippen LogP contribution in [-0.2, 0) is 26.8 Å². The van der Waals surface area contributed by atoms with Gasteiger partial charge in [-0.3, -0.25) is 0 Å². The van der Waals surface area contributed by atoms with E-state index in [9.17, 15) is 25.9 Å². The first-order valence-electron chi connectivity index (χ1n) is 10.4. The minimum Gasteiger partial charge on any atom is -0.748 e. The van der Waals surface area contributed by atoms with Crippen molar-refractivity contribution >= 4 is 88.5 Å². The predicted molar refractivity (Wildman–Crippen MR) is 138 cm³/mol. The van der Waals surface area contributed by atoms with Crippen molar-refractivity contribution in [1.29, 1.82) is 0 Å². The molecule has 0 saturated carbocycles. The summed E-state index contributed by atoms with van der Waals surface area (Å²) in [6.45, 7) is 0.581. The van der Waals surface area contributed by atoms with E-state index in [1.54, 1.807) is 24.3 Å². The standard InChI is InChI=1S/C21H20Cl2N2O6S4.K/c22-14-3-5-18-16(11-14)24(7-1-9-34(26,27)28)20(32-18)13-21-25(8-2-10-35(29,30)31)17-12-15(23)4-6-19(17)33-21;/h3-6,11-13H,1-2,7-10H2,(H-,26,27,28,29,30,31);/q;+1/p-1. The van der Waals surface area contributed by atoms with E-state index in [0.717, 1.165) is 30.8 Å². The number of hydrogen-bond donors (Lipinski definition) is 0. The molecule has 0 amide bonds. The van der Waals surface area contributed by atoms with Gasteiger partial charge in [0, 0.05) is 45.5 Å². The normalized spacial score (nSPS) is 14.9. The fraction of sp³-hybridized carbons (Fsp3) is 0.286. The van der Waals surface area contributed by atoms with Crippen LogP contribution < -0.4 is 60.9 Å². The molecular formula is C21H19Cl2KN2O6S4. The zero-order valence-electron chi connectivity index (χ0n) is 19.0. The molecule has 188 valence electrons. The van der Waals surface area contributed by atoms with Gasteiger partial charge < -0.3 is 14.0 Å². The van der Waals surface area contributed by atoms with Crippen LogP contribution >= 0.6 is 46.3 Å². The minimum absolute atomic E-state index is 0. The molecule has 0 N–H and O–H groups in total.